The van der Waals surface area contributed by atoms with E-state index in [1.54, 1.807) is 0 Å². The minimum absolute atomic E-state index is 0.864. The first-order valence-electron chi connectivity index (χ1n) is 38.5. The molecule has 10 heterocycles. The number of carboxylic acids is 1. The van der Waals surface area contributed by atoms with Gasteiger partial charge in [0.05, 0.1) is 58.5 Å². The lowest BCUT2D eigenvalue weighted by Gasteiger charge is -2.53. The fourth-order valence-corrected chi connectivity index (χ4v) is 15.8. The van der Waals surface area contributed by atoms with Gasteiger partial charge in [-0.2, -0.15) is 8.42 Å². The maximum atomic E-state index is 13.2. The fraction of sp³-hybridized carbons (Fsp3) is 0.939. The zero-order valence-corrected chi connectivity index (χ0v) is 66.2. The number of hydrogen-bond acceptors (Lipinski definition) is 51. The molecule has 0 aliphatic carbocycles. The summed E-state index contributed by atoms with van der Waals surface area (Å²) in [5.74, 6) is -4.96. The molecular formula is C66H109N3O53S. The van der Waals surface area contributed by atoms with E-state index in [0.29, 0.717) is 0 Å². The van der Waals surface area contributed by atoms with E-state index in [9.17, 15) is 165 Å². The van der Waals surface area contributed by atoms with Crippen LogP contribution in [0.4, 0.5) is 0 Å². The van der Waals surface area contributed by atoms with Crippen LogP contribution in [0.2, 0.25) is 0 Å². The third kappa shape index (κ3) is 22.6. The molecule has 10 rings (SSSR count). The van der Waals surface area contributed by atoms with Gasteiger partial charge in [-0.05, 0) is 13.8 Å². The third-order valence-corrected chi connectivity index (χ3v) is 22.6. The molecule has 56 nitrogen and oxygen atoms in total. The van der Waals surface area contributed by atoms with Crippen LogP contribution in [0.15, 0.2) is 0 Å². The van der Waals surface area contributed by atoms with Crippen LogP contribution in [-0.2, 0) is 124 Å². The monoisotopic (exact) mass is 1820 g/mol. The Bertz CT molecular complexity index is 3510. The van der Waals surface area contributed by atoms with Gasteiger partial charge in [-0.3, -0.25) is 18.9 Å². The topological polar surface area (TPSA) is 869 Å². The zero-order valence-electron chi connectivity index (χ0n) is 65.4. The number of nitrogens with one attached hydrogen (secondary N) is 3. The molecule has 57 heteroatoms. The molecule has 10 saturated heterocycles. The SMILES string of the molecule is CC(=O)N[C@@H]1[C@@H](O[C@@H]2O[C@H](CO)[C@H](O[C@@H]3O[C@H](CO)[C@H](O[C@H]4O[C@H](CO)[C@H](O)[C@H](O[C@@H]5O[C@H](CO)[C@H](O)[C@H](O)[C@H]5O)[C@H]4NC(C)=O)[C@H](O)[C@H]3O)[C@H](O[C@@H]3O[C@H](CO)[C@H](O)[C@H](O[C@@H]4O[C@H](C(=O)O)[C@@H](O)[C@H](O)[C@H]4O)[C@H]3O)[C@H]2O[C@@H]2O[C@@H](C)[C@@H](O)[C@@H](O)[C@@H]2O)[C@@H](O)[C@@H](CO[C@@H]2O[C@H](COS(=O)(=O)O)[C@@H](O)[C@H](O[C@@H]3O[C@@H](C)[C@@H](O)[C@@H](O)[C@@H]3O)[C@H]2NC(C)=O)O[C@@H]1O. The van der Waals surface area contributed by atoms with Gasteiger partial charge < -0.3 is 239 Å². The van der Waals surface area contributed by atoms with Crippen LogP contribution in [0.1, 0.15) is 34.6 Å². The van der Waals surface area contributed by atoms with Crippen LogP contribution in [-0.4, -0.2) is 523 Å². The highest BCUT2D eigenvalue weighted by molar-refractivity contribution is 7.80. The van der Waals surface area contributed by atoms with Gasteiger partial charge in [0.15, 0.2) is 69.0 Å². The molecule has 30 N–H and O–H groups in total. The van der Waals surface area contributed by atoms with Crippen molar-refractivity contribution < 1.29 is 259 Å². The number of ether oxygens (including phenoxy) is 19. The molecule has 10 fully saturated rings. The summed E-state index contributed by atoms with van der Waals surface area (Å²) in [5.41, 5.74) is 0. The van der Waals surface area contributed by atoms with Gasteiger partial charge >= 0.3 is 16.4 Å². The maximum absolute atomic E-state index is 13.2. The van der Waals surface area contributed by atoms with E-state index in [2.05, 4.69) is 20.1 Å². The lowest BCUT2D eigenvalue weighted by atomic mass is 9.93. The lowest BCUT2D eigenvalue weighted by Crippen LogP contribution is -2.71. The molecule has 0 spiro atoms. The standard InChI is InChI=1S/C66H109N3O53S/c1-13-28(78)35(85)41(91)60(105-13)116-50-26(68-16(4)76)58(113-24(34(50)84)12-104-123(100,101)102)103-11-23-33(83)49(25(57(99)107-23)67-15(3)75)118-66-55(122-61-42(92)36(86)29(79)14(2)106-61)54(121-65-46(96)52(32(82)20(8-72)110-65)119-64-44(94)38(88)39(89)53(120-64)56(97)98)48(22(10-74)112-66)115-63-45(95)40(90)47(21(9-73)111-63)114-59-27(69-17(5)77)51(31(81)19(7-71)108-59)117-62-43(93)37(87)30(80)18(6-70)109-62/h13-14,18-55,57-66,70-74,78-96,99H,6-12H2,1-5H3,(H,67,75)(H,68,76)(H,69,77)(H,97,98)(H,100,101,102)/t13-,14-,18+,19+,20+,21+,22+,23+,24+,25+,26+,27+,28+,29+,30-,31-,32-,33-,34+,35+,36+,37-,38-,39-,40+,41-,42-,43+,44+,45+,46+,47-,48-,49+,50+,51+,52-,53-,54-,55+,57-,58+,59+,60-,61-,62-,63-,64+,65-,66-/m0/s1. The second-order valence-corrected chi connectivity index (χ2v) is 31.9. The van der Waals surface area contributed by atoms with Crippen LogP contribution < -0.4 is 16.0 Å². The molecule has 712 valence electrons. The minimum atomic E-state index is -5.40. The van der Waals surface area contributed by atoms with Crippen molar-refractivity contribution in [1.82, 2.24) is 16.0 Å². The summed E-state index contributed by atoms with van der Waals surface area (Å²) in [6, 6.07) is -5.94. The number of carboxylic acid groups (broad SMARTS) is 1. The molecule has 0 unspecified atom stereocenters. The van der Waals surface area contributed by atoms with Gasteiger partial charge in [0.25, 0.3) is 0 Å². The summed E-state index contributed by atoms with van der Waals surface area (Å²) in [5, 5.41) is 298. The lowest BCUT2D eigenvalue weighted by molar-refractivity contribution is -0.420. The summed E-state index contributed by atoms with van der Waals surface area (Å²) in [7, 11) is -5.40. The van der Waals surface area contributed by atoms with Crippen LogP contribution in [0, 0.1) is 0 Å². The number of rotatable bonds is 31. The van der Waals surface area contributed by atoms with E-state index >= 15 is 0 Å². The zero-order chi connectivity index (χ0) is 90.9. The number of aliphatic carboxylic acids is 1. The van der Waals surface area contributed by atoms with Gasteiger partial charge in [0.1, 0.15) is 226 Å². The Morgan fingerprint density at radius 2 is 0.618 bits per heavy atom. The van der Waals surface area contributed by atoms with E-state index in [-0.39, 0.29) is 0 Å². The Hall–Kier alpha value is -4.01. The van der Waals surface area contributed by atoms with Gasteiger partial charge in [-0.15, -0.1) is 0 Å². The van der Waals surface area contributed by atoms with Crippen molar-refractivity contribution >= 4 is 34.1 Å². The molecule has 0 aromatic carbocycles. The molecule has 3 amide bonds. The van der Waals surface area contributed by atoms with Crippen molar-refractivity contribution in [2.45, 2.75) is 341 Å². The van der Waals surface area contributed by atoms with Crippen LogP contribution in [0.3, 0.4) is 0 Å². The Kier molecular flexibility index (Phi) is 35.3. The number of amides is 3. The number of hydrogen-bond donors (Lipinski definition) is 30. The van der Waals surface area contributed by atoms with Crippen LogP contribution in [0.5, 0.6) is 0 Å². The first kappa shape index (κ1) is 101. The second-order valence-electron chi connectivity index (χ2n) is 30.8. The summed E-state index contributed by atoms with van der Waals surface area (Å²) in [4.78, 5) is 51.5. The first-order chi connectivity index (χ1) is 57.8. The van der Waals surface area contributed by atoms with E-state index in [4.69, 9.17) is 90.0 Å². The van der Waals surface area contributed by atoms with Crippen molar-refractivity contribution in [3.8, 4) is 0 Å². The molecule has 0 saturated carbocycles. The number of aliphatic hydroxyl groups excluding tert-OH is 25. The van der Waals surface area contributed by atoms with E-state index in [1.807, 2.05) is 0 Å². The van der Waals surface area contributed by atoms with Gasteiger partial charge in [0, 0.05) is 20.8 Å². The Morgan fingerprint density at radius 1 is 0.293 bits per heavy atom. The van der Waals surface area contributed by atoms with E-state index in [1.165, 1.54) is 6.92 Å². The largest absolute Gasteiger partial charge is 0.479 e. The number of carbonyl (C=O) groups is 4. The molecule has 10 aliphatic heterocycles. The van der Waals surface area contributed by atoms with Gasteiger partial charge in [0.2, 0.25) is 17.7 Å². The van der Waals surface area contributed by atoms with E-state index in [0.717, 1.165) is 27.7 Å². The van der Waals surface area contributed by atoms with Crippen LogP contribution in [0.25, 0.3) is 0 Å². The minimum Gasteiger partial charge on any atom is -0.479 e. The highest BCUT2D eigenvalue weighted by Gasteiger charge is 2.63. The fourth-order valence-electron chi connectivity index (χ4n) is 15.5. The average molecular weight is 1820 g/mol. The quantitative estimate of drug-likeness (QED) is 0.0287. The maximum Gasteiger partial charge on any atom is 0.397 e. The predicted octanol–water partition coefficient (Wildman–Crippen LogP) is -20.4. The highest BCUT2D eigenvalue weighted by Crippen LogP contribution is 2.42. The molecule has 0 radical (unpaired) electrons. The first-order valence-corrected chi connectivity index (χ1v) is 39.9. The average Bonchev–Trinajstić information content (AvgIpc) is 0.940. The molecule has 123 heavy (non-hydrogen) atoms. The van der Waals surface area contributed by atoms with Crippen molar-refractivity contribution in [2.24, 2.45) is 0 Å². The molecule has 0 bridgehead atoms. The second kappa shape index (κ2) is 42.9. The third-order valence-electron chi connectivity index (χ3n) is 22.2. The molecule has 0 aromatic heterocycles. The summed E-state index contributed by atoms with van der Waals surface area (Å²) in [6.07, 6.45) is -105. The Morgan fingerprint density at radius 3 is 1.11 bits per heavy atom. The smallest absolute Gasteiger partial charge is 0.397 e. The Balaban J connectivity index is 1.04. The molecule has 0 aromatic rings. The number of carbonyl (C=O) groups excluding carboxylic acids is 3. The van der Waals surface area contributed by atoms with Crippen molar-refractivity contribution in [1.29, 1.82) is 0 Å². The summed E-state index contributed by atoms with van der Waals surface area (Å²) < 4.78 is 151. The Labute approximate surface area is 694 Å². The van der Waals surface area contributed by atoms with E-state index < -0.39 is 387 Å². The number of aliphatic hydroxyl groups is 25. The van der Waals surface area contributed by atoms with Crippen molar-refractivity contribution in [3.63, 3.8) is 0 Å². The normalized spacial score (nSPS) is 49.6. The predicted molar refractivity (Wildman–Crippen MR) is 373 cm³/mol. The van der Waals surface area contributed by atoms with Gasteiger partial charge in [-0.25, -0.2) is 8.98 Å². The van der Waals surface area contributed by atoms with Crippen molar-refractivity contribution in [3.05, 3.63) is 0 Å². The van der Waals surface area contributed by atoms with Crippen molar-refractivity contribution in [2.75, 3.05) is 46.2 Å². The van der Waals surface area contributed by atoms with Crippen LogP contribution >= 0.6 is 0 Å². The van der Waals surface area contributed by atoms with Gasteiger partial charge in [-0.1, -0.05) is 0 Å². The molecule has 50 atom stereocenters. The highest BCUT2D eigenvalue weighted by atomic mass is 32.3. The summed E-state index contributed by atoms with van der Waals surface area (Å²) in [6.45, 7) is -3.69. The molecular weight excluding hydrogens is 1710 g/mol. The summed E-state index contributed by atoms with van der Waals surface area (Å²) >= 11 is 0. The molecule has 10 aliphatic rings.